The lowest BCUT2D eigenvalue weighted by molar-refractivity contribution is -0.384. The van der Waals surface area contributed by atoms with Crippen molar-refractivity contribution in [2.75, 3.05) is 11.1 Å². The lowest BCUT2D eigenvalue weighted by atomic mass is 10.3. The van der Waals surface area contributed by atoms with E-state index in [4.69, 9.17) is 31.2 Å². The largest absolute Gasteiger partial charge is 0.481 e. The van der Waals surface area contributed by atoms with Crippen LogP contribution in [-0.2, 0) is 4.79 Å². The number of nitro groups is 1. The Bertz CT molecular complexity index is 1340. The molecule has 0 aliphatic rings. The van der Waals surface area contributed by atoms with Gasteiger partial charge in [-0.25, -0.2) is 4.98 Å². The summed E-state index contributed by atoms with van der Waals surface area (Å²) >= 11 is 5.93. The second kappa shape index (κ2) is 9.01. The highest BCUT2D eigenvalue weighted by Gasteiger charge is 2.18. The van der Waals surface area contributed by atoms with Gasteiger partial charge in [0.1, 0.15) is 22.8 Å². The van der Waals surface area contributed by atoms with Crippen LogP contribution in [0.15, 0.2) is 59.0 Å². The fourth-order valence-corrected chi connectivity index (χ4v) is 2.95. The molecule has 168 valence electrons. The van der Waals surface area contributed by atoms with Crippen LogP contribution in [0.1, 0.15) is 6.92 Å². The molecule has 33 heavy (non-hydrogen) atoms. The summed E-state index contributed by atoms with van der Waals surface area (Å²) in [6.45, 7) is 1.54. The molecular formula is C21H16ClN5O6. The van der Waals surface area contributed by atoms with Gasteiger partial charge in [-0.3, -0.25) is 14.9 Å². The van der Waals surface area contributed by atoms with Gasteiger partial charge in [-0.15, -0.1) is 0 Å². The number of nitrogens with one attached hydrogen (secondary N) is 1. The van der Waals surface area contributed by atoms with Crippen LogP contribution in [-0.4, -0.2) is 26.9 Å². The van der Waals surface area contributed by atoms with Crippen LogP contribution in [0.4, 0.5) is 17.3 Å². The van der Waals surface area contributed by atoms with Gasteiger partial charge < -0.3 is 24.9 Å². The monoisotopic (exact) mass is 469 g/mol. The highest BCUT2D eigenvalue weighted by Crippen LogP contribution is 2.28. The van der Waals surface area contributed by atoms with E-state index in [0.717, 1.165) is 6.07 Å². The van der Waals surface area contributed by atoms with Crippen molar-refractivity contribution in [2.24, 2.45) is 0 Å². The maximum absolute atomic E-state index is 12.4. The van der Waals surface area contributed by atoms with E-state index < -0.39 is 16.9 Å². The normalized spacial score (nSPS) is 11.7. The van der Waals surface area contributed by atoms with Crippen molar-refractivity contribution in [3.8, 4) is 17.6 Å². The molecule has 1 unspecified atom stereocenters. The number of nitrogens with two attached hydrogens (primary N) is 1. The molecule has 1 atom stereocenters. The molecule has 4 rings (SSSR count). The number of oxazole rings is 1. The summed E-state index contributed by atoms with van der Waals surface area (Å²) in [7, 11) is 0. The number of pyridine rings is 1. The SMILES string of the molecule is CC(Oc1ccc(Oc2nc3ccc(Cl)cc3o2)cc1)C(=O)Nc1ccc([N+](=O)[O-])c(N)n1. The molecule has 0 bridgehead atoms. The van der Waals surface area contributed by atoms with E-state index in [9.17, 15) is 14.9 Å². The fourth-order valence-electron chi connectivity index (χ4n) is 2.79. The third kappa shape index (κ3) is 5.10. The molecule has 2 aromatic heterocycles. The first-order chi connectivity index (χ1) is 15.8. The second-order valence-electron chi connectivity index (χ2n) is 6.77. The smallest absolute Gasteiger partial charge is 0.400 e. The fraction of sp³-hybridized carbons (Fsp3) is 0.0952. The Balaban J connectivity index is 1.36. The van der Waals surface area contributed by atoms with Crippen molar-refractivity contribution < 1.29 is 23.6 Å². The van der Waals surface area contributed by atoms with Crippen molar-refractivity contribution in [3.05, 3.63) is 69.7 Å². The third-order valence-corrected chi connectivity index (χ3v) is 4.63. The summed E-state index contributed by atoms with van der Waals surface area (Å²) in [4.78, 5) is 30.5. The summed E-state index contributed by atoms with van der Waals surface area (Å²) in [6, 6.07) is 14.0. The number of halogens is 1. The van der Waals surface area contributed by atoms with Crippen LogP contribution in [0.3, 0.4) is 0 Å². The molecule has 2 heterocycles. The number of ether oxygens (including phenoxy) is 2. The summed E-state index contributed by atoms with van der Waals surface area (Å²) < 4.78 is 16.7. The summed E-state index contributed by atoms with van der Waals surface area (Å²) in [6.07, 6.45) is -0.833. The first kappa shape index (κ1) is 21.8. The number of hydrogen-bond donors (Lipinski definition) is 2. The van der Waals surface area contributed by atoms with E-state index >= 15 is 0 Å². The maximum Gasteiger partial charge on any atom is 0.400 e. The molecule has 4 aromatic rings. The number of rotatable bonds is 7. The van der Waals surface area contributed by atoms with Crippen molar-refractivity contribution in [3.63, 3.8) is 0 Å². The Morgan fingerprint density at radius 1 is 1.15 bits per heavy atom. The van der Waals surface area contributed by atoms with Crippen molar-refractivity contribution in [1.82, 2.24) is 9.97 Å². The molecule has 0 fully saturated rings. The van der Waals surface area contributed by atoms with E-state index in [1.54, 1.807) is 42.5 Å². The zero-order valence-electron chi connectivity index (χ0n) is 17.0. The number of nitrogens with zero attached hydrogens (tertiary/aromatic N) is 3. The Morgan fingerprint density at radius 3 is 2.58 bits per heavy atom. The van der Waals surface area contributed by atoms with Crippen LogP contribution in [0, 0.1) is 10.1 Å². The highest BCUT2D eigenvalue weighted by molar-refractivity contribution is 6.31. The molecule has 0 aliphatic heterocycles. The predicted molar refractivity (Wildman–Crippen MR) is 120 cm³/mol. The molecule has 2 aromatic carbocycles. The van der Waals surface area contributed by atoms with Crippen molar-refractivity contribution in [2.45, 2.75) is 13.0 Å². The molecule has 11 nitrogen and oxygen atoms in total. The van der Waals surface area contributed by atoms with Gasteiger partial charge in [0.2, 0.25) is 5.82 Å². The van der Waals surface area contributed by atoms with E-state index in [0.29, 0.717) is 27.6 Å². The average Bonchev–Trinajstić information content (AvgIpc) is 3.16. The quantitative estimate of drug-likeness (QED) is 0.292. The first-order valence-corrected chi connectivity index (χ1v) is 9.89. The molecule has 0 aliphatic carbocycles. The number of benzene rings is 2. The number of hydrogen-bond acceptors (Lipinski definition) is 9. The minimum Gasteiger partial charge on any atom is -0.481 e. The molecule has 3 N–H and O–H groups in total. The van der Waals surface area contributed by atoms with E-state index in [1.165, 1.54) is 13.0 Å². The molecule has 1 amide bonds. The van der Waals surface area contributed by atoms with Gasteiger partial charge in [0.05, 0.1) is 4.92 Å². The molecule has 0 radical (unpaired) electrons. The summed E-state index contributed by atoms with van der Waals surface area (Å²) in [5, 5.41) is 13.8. The number of anilines is 2. The number of nitrogen functional groups attached to an aromatic ring is 1. The number of carbonyl (C=O) groups excluding carboxylic acids is 1. The zero-order chi connectivity index (χ0) is 23.5. The number of amides is 1. The predicted octanol–water partition coefficient (Wildman–Crippen LogP) is 4.56. The van der Waals surface area contributed by atoms with Gasteiger partial charge in [0, 0.05) is 17.2 Å². The van der Waals surface area contributed by atoms with E-state index in [2.05, 4.69) is 15.3 Å². The second-order valence-corrected chi connectivity index (χ2v) is 7.21. The average molecular weight is 470 g/mol. The van der Waals surface area contributed by atoms with Gasteiger partial charge in [-0.2, -0.15) is 4.98 Å². The lowest BCUT2D eigenvalue weighted by Crippen LogP contribution is -2.30. The van der Waals surface area contributed by atoms with Gasteiger partial charge in [-0.1, -0.05) is 11.6 Å². The van der Waals surface area contributed by atoms with Crippen LogP contribution >= 0.6 is 11.6 Å². The number of aromatic nitrogens is 2. The zero-order valence-corrected chi connectivity index (χ0v) is 17.8. The minimum atomic E-state index is -0.892. The minimum absolute atomic E-state index is 0.0588. The molecule has 0 saturated heterocycles. The Kier molecular flexibility index (Phi) is 5.96. The Hall–Kier alpha value is -4.38. The van der Waals surface area contributed by atoms with Gasteiger partial charge in [0.15, 0.2) is 11.7 Å². The third-order valence-electron chi connectivity index (χ3n) is 4.39. The first-order valence-electron chi connectivity index (χ1n) is 9.51. The summed E-state index contributed by atoms with van der Waals surface area (Å²) in [5.74, 6) is 0.111. The topological polar surface area (TPSA) is 156 Å². The number of fused-ring (bicyclic) bond motifs is 1. The summed E-state index contributed by atoms with van der Waals surface area (Å²) in [5.41, 5.74) is 6.30. The molecule has 0 spiro atoms. The number of carbonyl (C=O) groups is 1. The van der Waals surface area contributed by atoms with Gasteiger partial charge in [0.25, 0.3) is 5.91 Å². The molecule has 12 heteroatoms. The van der Waals surface area contributed by atoms with E-state index in [1.807, 2.05) is 0 Å². The van der Waals surface area contributed by atoms with Gasteiger partial charge >= 0.3 is 11.8 Å². The van der Waals surface area contributed by atoms with Crippen LogP contribution in [0.5, 0.6) is 17.6 Å². The van der Waals surface area contributed by atoms with Crippen LogP contribution in [0.2, 0.25) is 5.02 Å². The maximum atomic E-state index is 12.4. The lowest BCUT2D eigenvalue weighted by Gasteiger charge is -2.14. The van der Waals surface area contributed by atoms with E-state index in [-0.39, 0.29) is 23.4 Å². The Labute approximate surface area is 191 Å². The van der Waals surface area contributed by atoms with Crippen molar-refractivity contribution >= 4 is 45.9 Å². The van der Waals surface area contributed by atoms with Crippen LogP contribution < -0.4 is 20.5 Å². The molecular weight excluding hydrogens is 454 g/mol. The van der Waals surface area contributed by atoms with Gasteiger partial charge in [-0.05, 0) is 49.4 Å². The Morgan fingerprint density at radius 2 is 1.88 bits per heavy atom. The van der Waals surface area contributed by atoms with Crippen LogP contribution in [0.25, 0.3) is 11.1 Å². The standard InChI is InChI=1S/C21H16ClN5O6/c1-11(20(28)26-18-9-8-16(27(29)30)19(23)25-18)31-13-3-5-14(6-4-13)32-21-24-15-7-2-12(22)10-17(15)33-21/h2-11H,1H3,(H3,23,25,26,28). The highest BCUT2D eigenvalue weighted by atomic mass is 35.5. The molecule has 0 saturated carbocycles. The van der Waals surface area contributed by atoms with Crippen molar-refractivity contribution in [1.29, 1.82) is 0 Å².